The summed E-state index contributed by atoms with van der Waals surface area (Å²) in [5.74, 6) is 0.662. The van der Waals surface area contributed by atoms with E-state index < -0.39 is 0 Å². The molecule has 3 nitrogen and oxygen atoms in total. The monoisotopic (exact) mass is 166 g/mol. The molecule has 0 aliphatic rings. The lowest BCUT2D eigenvalue weighted by molar-refractivity contribution is 0.394. The molecule has 0 saturated heterocycles. The number of rotatable bonds is 3. The van der Waals surface area contributed by atoms with Crippen LogP contribution in [0.3, 0.4) is 0 Å². The first kappa shape index (κ1) is 9.00. The van der Waals surface area contributed by atoms with Crippen LogP contribution >= 0.6 is 0 Å². The average molecular weight is 166 g/mol. The number of nitrogens with zero attached hydrogens (tertiary/aromatic N) is 1. The quantitative estimate of drug-likeness (QED) is 0.736. The number of pyridine rings is 1. The minimum atomic E-state index is 0.264. The molecule has 0 spiro atoms. The predicted octanol–water partition coefficient (Wildman–Crippen LogP) is 1.37. The van der Waals surface area contributed by atoms with E-state index in [0.29, 0.717) is 5.88 Å². The molecular formula is C9H14N2O. The third kappa shape index (κ3) is 1.95. The Bertz CT molecular complexity index is 250. The summed E-state index contributed by atoms with van der Waals surface area (Å²) in [6.07, 6.45) is 0. The molecule has 0 bridgehead atoms. The molecule has 1 rings (SSSR count). The predicted molar refractivity (Wildman–Crippen MR) is 48.3 cm³/mol. The van der Waals surface area contributed by atoms with Gasteiger partial charge in [0.1, 0.15) is 0 Å². The van der Waals surface area contributed by atoms with E-state index in [2.05, 4.69) is 17.2 Å². The molecule has 3 heteroatoms. The van der Waals surface area contributed by atoms with E-state index in [4.69, 9.17) is 4.74 Å². The van der Waals surface area contributed by atoms with Gasteiger partial charge in [0.25, 0.3) is 0 Å². The summed E-state index contributed by atoms with van der Waals surface area (Å²) in [4.78, 5) is 4.28. The number of nitrogens with one attached hydrogen (secondary N) is 1. The molecule has 0 fully saturated rings. The molecule has 0 aliphatic heterocycles. The summed E-state index contributed by atoms with van der Waals surface area (Å²) >= 11 is 0. The first-order valence-electron chi connectivity index (χ1n) is 3.96. The highest BCUT2D eigenvalue weighted by Gasteiger charge is 2.03. The zero-order valence-corrected chi connectivity index (χ0v) is 7.66. The van der Waals surface area contributed by atoms with E-state index in [0.717, 1.165) is 5.69 Å². The first-order valence-corrected chi connectivity index (χ1v) is 3.96. The number of ether oxygens (including phenoxy) is 1. The van der Waals surface area contributed by atoms with Crippen molar-refractivity contribution in [1.82, 2.24) is 10.3 Å². The molecule has 0 aliphatic carbocycles. The summed E-state index contributed by atoms with van der Waals surface area (Å²) in [5, 5.41) is 3.11. The second-order valence-electron chi connectivity index (χ2n) is 2.62. The van der Waals surface area contributed by atoms with Crippen LogP contribution in [0.4, 0.5) is 0 Å². The van der Waals surface area contributed by atoms with Gasteiger partial charge in [0, 0.05) is 12.1 Å². The second-order valence-corrected chi connectivity index (χ2v) is 2.62. The molecule has 0 amide bonds. The Morgan fingerprint density at radius 2 is 2.25 bits per heavy atom. The van der Waals surface area contributed by atoms with Gasteiger partial charge < -0.3 is 10.1 Å². The van der Waals surface area contributed by atoms with Crippen molar-refractivity contribution in [2.75, 3.05) is 14.2 Å². The molecule has 1 aromatic rings. The Kier molecular flexibility index (Phi) is 3.05. The molecule has 0 radical (unpaired) electrons. The van der Waals surface area contributed by atoms with Gasteiger partial charge in [-0.1, -0.05) is 6.07 Å². The number of hydrogen-bond donors (Lipinski definition) is 1. The summed E-state index contributed by atoms with van der Waals surface area (Å²) in [7, 11) is 3.53. The highest BCUT2D eigenvalue weighted by atomic mass is 16.5. The number of aromatic nitrogens is 1. The molecule has 1 aromatic heterocycles. The van der Waals surface area contributed by atoms with E-state index in [1.54, 1.807) is 7.11 Å². The minimum absolute atomic E-state index is 0.264. The molecule has 0 saturated carbocycles. The maximum Gasteiger partial charge on any atom is 0.213 e. The number of methoxy groups -OCH3 is 1. The van der Waals surface area contributed by atoms with Gasteiger partial charge in [-0.05, 0) is 20.0 Å². The Balaban J connectivity index is 2.86. The fraction of sp³-hybridized carbons (Fsp3) is 0.444. The van der Waals surface area contributed by atoms with Gasteiger partial charge >= 0.3 is 0 Å². The zero-order chi connectivity index (χ0) is 8.97. The highest BCUT2D eigenvalue weighted by Crippen LogP contribution is 2.12. The van der Waals surface area contributed by atoms with Crippen molar-refractivity contribution < 1.29 is 4.74 Å². The lowest BCUT2D eigenvalue weighted by Crippen LogP contribution is -2.13. The van der Waals surface area contributed by atoms with Crippen molar-refractivity contribution in [2.24, 2.45) is 0 Å². The van der Waals surface area contributed by atoms with Gasteiger partial charge in [0.2, 0.25) is 5.88 Å². The van der Waals surface area contributed by atoms with Crippen molar-refractivity contribution in [3.63, 3.8) is 0 Å². The molecule has 12 heavy (non-hydrogen) atoms. The van der Waals surface area contributed by atoms with Gasteiger partial charge in [0.15, 0.2) is 0 Å². The standard InChI is InChI=1S/C9H14N2O/c1-7(10-2)8-5-4-6-9(11-8)12-3/h4-7,10H,1-3H3/t7-/m1/s1. The van der Waals surface area contributed by atoms with Gasteiger partial charge in [-0.2, -0.15) is 0 Å². The highest BCUT2D eigenvalue weighted by molar-refractivity contribution is 5.17. The fourth-order valence-electron chi connectivity index (χ4n) is 0.934. The van der Waals surface area contributed by atoms with E-state index >= 15 is 0 Å². The Morgan fingerprint density at radius 3 is 2.83 bits per heavy atom. The van der Waals surface area contributed by atoms with Gasteiger partial charge in [-0.25, -0.2) is 4.98 Å². The summed E-state index contributed by atoms with van der Waals surface area (Å²) < 4.78 is 5.01. The Labute approximate surface area is 72.8 Å². The van der Waals surface area contributed by atoms with Crippen molar-refractivity contribution in [3.8, 4) is 5.88 Å². The van der Waals surface area contributed by atoms with Crippen LogP contribution in [0.15, 0.2) is 18.2 Å². The SMILES string of the molecule is CN[C@H](C)c1cccc(OC)n1. The minimum Gasteiger partial charge on any atom is -0.481 e. The molecular weight excluding hydrogens is 152 g/mol. The van der Waals surface area contributed by atoms with Gasteiger partial charge in [-0.3, -0.25) is 0 Å². The molecule has 1 heterocycles. The van der Waals surface area contributed by atoms with E-state index in [-0.39, 0.29) is 6.04 Å². The van der Waals surface area contributed by atoms with Gasteiger partial charge in [0.05, 0.1) is 12.8 Å². The van der Waals surface area contributed by atoms with Crippen LogP contribution in [0, 0.1) is 0 Å². The molecule has 66 valence electrons. The summed E-state index contributed by atoms with van der Waals surface area (Å²) in [5.41, 5.74) is 0.997. The van der Waals surface area contributed by atoms with Crippen molar-refractivity contribution >= 4 is 0 Å². The number of hydrogen-bond acceptors (Lipinski definition) is 3. The fourth-order valence-corrected chi connectivity index (χ4v) is 0.934. The van der Waals surface area contributed by atoms with Crippen LogP contribution < -0.4 is 10.1 Å². The van der Waals surface area contributed by atoms with Crippen molar-refractivity contribution in [3.05, 3.63) is 23.9 Å². The van der Waals surface area contributed by atoms with E-state index in [1.165, 1.54) is 0 Å². The third-order valence-corrected chi connectivity index (χ3v) is 1.83. The normalized spacial score (nSPS) is 12.6. The van der Waals surface area contributed by atoms with E-state index in [9.17, 15) is 0 Å². The second kappa shape index (κ2) is 4.07. The zero-order valence-electron chi connectivity index (χ0n) is 7.66. The first-order chi connectivity index (χ1) is 5.77. The Morgan fingerprint density at radius 1 is 1.50 bits per heavy atom. The van der Waals surface area contributed by atoms with Crippen LogP contribution in [0.25, 0.3) is 0 Å². The summed E-state index contributed by atoms with van der Waals surface area (Å²) in [6, 6.07) is 6.02. The van der Waals surface area contributed by atoms with Crippen LogP contribution in [0.1, 0.15) is 18.7 Å². The van der Waals surface area contributed by atoms with E-state index in [1.807, 2.05) is 25.2 Å². The van der Waals surface area contributed by atoms with Crippen molar-refractivity contribution in [2.45, 2.75) is 13.0 Å². The molecule has 0 unspecified atom stereocenters. The smallest absolute Gasteiger partial charge is 0.213 e. The summed E-state index contributed by atoms with van der Waals surface area (Å²) in [6.45, 7) is 2.06. The molecule has 1 atom stereocenters. The molecule has 0 aromatic carbocycles. The maximum absolute atomic E-state index is 5.01. The van der Waals surface area contributed by atoms with Crippen LogP contribution in [0.2, 0.25) is 0 Å². The topological polar surface area (TPSA) is 34.1 Å². The van der Waals surface area contributed by atoms with Crippen molar-refractivity contribution in [1.29, 1.82) is 0 Å². The lowest BCUT2D eigenvalue weighted by Gasteiger charge is -2.09. The van der Waals surface area contributed by atoms with Gasteiger partial charge in [-0.15, -0.1) is 0 Å². The van der Waals surface area contributed by atoms with Crippen LogP contribution in [-0.4, -0.2) is 19.1 Å². The maximum atomic E-state index is 5.01. The average Bonchev–Trinajstić information content (AvgIpc) is 2.17. The molecule has 1 N–H and O–H groups in total. The lowest BCUT2D eigenvalue weighted by atomic mass is 10.2. The Hall–Kier alpha value is -1.09. The third-order valence-electron chi connectivity index (χ3n) is 1.83. The largest absolute Gasteiger partial charge is 0.481 e. The van der Waals surface area contributed by atoms with Crippen LogP contribution in [-0.2, 0) is 0 Å². The van der Waals surface area contributed by atoms with Crippen LogP contribution in [0.5, 0.6) is 5.88 Å².